The van der Waals surface area contributed by atoms with Crippen molar-refractivity contribution in [2.75, 3.05) is 17.1 Å². The van der Waals surface area contributed by atoms with E-state index in [4.69, 9.17) is 23.2 Å². The Bertz CT molecular complexity index is 1110. The molecule has 180 valence electrons. The van der Waals surface area contributed by atoms with Crippen molar-refractivity contribution in [1.82, 2.24) is 10.2 Å². The van der Waals surface area contributed by atoms with Crippen molar-refractivity contribution >= 4 is 50.7 Å². The number of nitrogens with zero attached hydrogens (tertiary/aromatic N) is 2. The summed E-state index contributed by atoms with van der Waals surface area (Å²) in [6.07, 6.45) is 0.943. The third kappa shape index (κ3) is 7.58. The number of anilines is 1. The zero-order valence-corrected chi connectivity index (χ0v) is 21.0. The first-order valence-corrected chi connectivity index (χ1v) is 12.7. The molecule has 0 aromatic heterocycles. The van der Waals surface area contributed by atoms with Crippen molar-refractivity contribution < 1.29 is 22.4 Å². The Balaban J connectivity index is 2.41. The zero-order chi connectivity index (χ0) is 24.9. The summed E-state index contributed by atoms with van der Waals surface area (Å²) >= 11 is 12.2. The Morgan fingerprint density at radius 1 is 1.06 bits per heavy atom. The number of carbonyl (C=O) groups excluding carboxylic acids is 2. The quantitative estimate of drug-likeness (QED) is 0.547. The summed E-state index contributed by atoms with van der Waals surface area (Å²) in [5.41, 5.74) is 0.655. The van der Waals surface area contributed by atoms with Crippen LogP contribution < -0.4 is 9.62 Å². The average molecular weight is 518 g/mol. The van der Waals surface area contributed by atoms with Crippen LogP contribution in [0.25, 0.3) is 0 Å². The number of benzene rings is 2. The monoisotopic (exact) mass is 517 g/mol. The number of carbonyl (C=O) groups is 2. The van der Waals surface area contributed by atoms with Gasteiger partial charge < -0.3 is 10.2 Å². The molecule has 2 aromatic rings. The van der Waals surface area contributed by atoms with Crippen molar-refractivity contribution in [1.29, 1.82) is 0 Å². The van der Waals surface area contributed by atoms with Crippen LogP contribution >= 0.6 is 23.2 Å². The van der Waals surface area contributed by atoms with E-state index in [1.165, 1.54) is 23.1 Å². The summed E-state index contributed by atoms with van der Waals surface area (Å²) in [6.45, 7) is 4.47. The molecule has 0 saturated carbocycles. The van der Waals surface area contributed by atoms with Crippen LogP contribution in [-0.2, 0) is 26.2 Å². The Hall–Kier alpha value is -2.36. The van der Waals surface area contributed by atoms with Gasteiger partial charge in [-0.3, -0.25) is 13.9 Å². The van der Waals surface area contributed by atoms with Gasteiger partial charge in [-0.15, -0.1) is 0 Å². The van der Waals surface area contributed by atoms with Crippen molar-refractivity contribution in [3.63, 3.8) is 0 Å². The summed E-state index contributed by atoms with van der Waals surface area (Å²) in [6, 6.07) is 8.38. The van der Waals surface area contributed by atoms with Crippen molar-refractivity contribution in [2.24, 2.45) is 0 Å². The molecule has 0 aliphatic carbocycles. The van der Waals surface area contributed by atoms with E-state index in [1.807, 2.05) is 0 Å². The van der Waals surface area contributed by atoms with Gasteiger partial charge in [-0.25, -0.2) is 12.8 Å². The summed E-state index contributed by atoms with van der Waals surface area (Å²) < 4.78 is 39.0. The van der Waals surface area contributed by atoms with E-state index >= 15 is 0 Å². The van der Waals surface area contributed by atoms with Gasteiger partial charge in [0.15, 0.2) is 0 Å². The molecule has 0 spiro atoms. The molecule has 1 atom stereocenters. The highest BCUT2D eigenvalue weighted by Gasteiger charge is 2.30. The summed E-state index contributed by atoms with van der Waals surface area (Å²) in [5, 5.41) is 3.46. The molecule has 0 unspecified atom stereocenters. The second-order valence-corrected chi connectivity index (χ2v) is 10.6. The molecule has 7 nitrogen and oxygen atoms in total. The summed E-state index contributed by atoms with van der Waals surface area (Å²) in [5.74, 6) is -1.59. The van der Waals surface area contributed by atoms with Gasteiger partial charge >= 0.3 is 0 Å². The lowest BCUT2D eigenvalue weighted by Gasteiger charge is -2.32. The largest absolute Gasteiger partial charge is 0.352 e. The minimum absolute atomic E-state index is 0.0530. The molecule has 0 fully saturated rings. The second-order valence-electron chi connectivity index (χ2n) is 7.84. The van der Waals surface area contributed by atoms with Crippen LogP contribution in [0.4, 0.5) is 10.1 Å². The fourth-order valence-electron chi connectivity index (χ4n) is 3.04. The lowest BCUT2D eigenvalue weighted by Crippen LogP contribution is -2.52. The minimum Gasteiger partial charge on any atom is -0.352 e. The van der Waals surface area contributed by atoms with E-state index in [0.29, 0.717) is 15.6 Å². The third-order valence-corrected chi connectivity index (χ3v) is 6.48. The smallest absolute Gasteiger partial charge is 0.244 e. The second kappa shape index (κ2) is 11.2. The lowest BCUT2D eigenvalue weighted by atomic mass is 10.1. The van der Waals surface area contributed by atoms with E-state index in [1.54, 1.807) is 32.9 Å². The Morgan fingerprint density at radius 2 is 1.67 bits per heavy atom. The van der Waals surface area contributed by atoms with Crippen LogP contribution in [-0.4, -0.2) is 50.0 Å². The van der Waals surface area contributed by atoms with Gasteiger partial charge in [0.1, 0.15) is 18.4 Å². The van der Waals surface area contributed by atoms with Gasteiger partial charge in [-0.05, 0) is 62.7 Å². The summed E-state index contributed by atoms with van der Waals surface area (Å²) in [7, 11) is -3.89. The van der Waals surface area contributed by atoms with Gasteiger partial charge in [0, 0.05) is 22.6 Å². The number of halogens is 3. The van der Waals surface area contributed by atoms with Crippen LogP contribution in [0.1, 0.15) is 26.3 Å². The Kier molecular flexibility index (Phi) is 9.11. The molecular weight excluding hydrogens is 492 g/mol. The number of amides is 2. The highest BCUT2D eigenvalue weighted by atomic mass is 35.5. The van der Waals surface area contributed by atoms with Crippen LogP contribution in [0.2, 0.25) is 10.0 Å². The number of rotatable bonds is 9. The van der Waals surface area contributed by atoms with E-state index in [-0.39, 0.29) is 18.3 Å². The van der Waals surface area contributed by atoms with Gasteiger partial charge in [0.25, 0.3) is 0 Å². The van der Waals surface area contributed by atoms with Crippen LogP contribution in [0.5, 0.6) is 0 Å². The molecule has 2 aromatic carbocycles. The maximum Gasteiger partial charge on any atom is 0.244 e. The van der Waals surface area contributed by atoms with E-state index < -0.39 is 40.2 Å². The zero-order valence-electron chi connectivity index (χ0n) is 18.7. The molecular formula is C22H26Cl2FN3O4S. The number of hydrogen-bond donors (Lipinski definition) is 1. The highest BCUT2D eigenvalue weighted by molar-refractivity contribution is 7.92. The molecule has 2 rings (SSSR count). The van der Waals surface area contributed by atoms with Crippen molar-refractivity contribution in [3.05, 3.63) is 63.9 Å². The van der Waals surface area contributed by atoms with Gasteiger partial charge in [-0.1, -0.05) is 29.3 Å². The topological polar surface area (TPSA) is 86.8 Å². The molecule has 0 aliphatic heterocycles. The molecule has 33 heavy (non-hydrogen) atoms. The van der Waals surface area contributed by atoms with Crippen molar-refractivity contribution in [3.8, 4) is 0 Å². The Labute approximate surface area is 203 Å². The predicted molar refractivity (Wildman–Crippen MR) is 128 cm³/mol. The Morgan fingerprint density at radius 3 is 2.18 bits per heavy atom. The molecule has 0 heterocycles. The lowest BCUT2D eigenvalue weighted by molar-refractivity contribution is -0.139. The molecule has 1 N–H and O–H groups in total. The van der Waals surface area contributed by atoms with Crippen LogP contribution in [0.3, 0.4) is 0 Å². The first kappa shape index (κ1) is 26.9. The number of hydrogen-bond acceptors (Lipinski definition) is 4. The molecule has 2 amide bonds. The highest BCUT2D eigenvalue weighted by Crippen LogP contribution is 2.24. The molecule has 0 saturated heterocycles. The first-order valence-electron chi connectivity index (χ1n) is 10.1. The SMILES string of the molecule is CC(C)NC(=O)[C@@H](C)N(Cc1ccc(Cl)cc1Cl)C(=O)CN(c1ccc(F)cc1)S(C)(=O)=O. The molecule has 0 aliphatic rings. The van der Waals surface area contributed by atoms with E-state index in [0.717, 1.165) is 22.7 Å². The molecule has 11 heteroatoms. The first-order chi connectivity index (χ1) is 15.3. The normalized spacial score (nSPS) is 12.4. The third-order valence-electron chi connectivity index (χ3n) is 4.75. The molecule has 0 radical (unpaired) electrons. The predicted octanol–water partition coefficient (Wildman–Crippen LogP) is 3.84. The maximum atomic E-state index is 13.4. The fourth-order valence-corrected chi connectivity index (χ4v) is 4.36. The van der Waals surface area contributed by atoms with E-state index in [9.17, 15) is 22.4 Å². The average Bonchev–Trinajstić information content (AvgIpc) is 2.70. The fraction of sp³-hybridized carbons (Fsp3) is 0.364. The molecule has 0 bridgehead atoms. The number of sulfonamides is 1. The van der Waals surface area contributed by atoms with Gasteiger partial charge in [0.05, 0.1) is 11.9 Å². The van der Waals surface area contributed by atoms with Gasteiger partial charge in [-0.2, -0.15) is 0 Å². The van der Waals surface area contributed by atoms with Crippen molar-refractivity contribution in [2.45, 2.75) is 39.4 Å². The van der Waals surface area contributed by atoms with Crippen LogP contribution in [0.15, 0.2) is 42.5 Å². The standard InChI is InChI=1S/C22H26Cl2FN3O4S/c1-14(2)26-22(30)15(3)27(12-16-5-6-17(23)11-20(16)24)21(29)13-28(33(4,31)32)19-9-7-18(25)8-10-19/h5-11,14-15H,12-13H2,1-4H3,(H,26,30)/t15-/m1/s1. The van der Waals surface area contributed by atoms with E-state index in [2.05, 4.69) is 5.32 Å². The van der Waals surface area contributed by atoms with Gasteiger partial charge in [0.2, 0.25) is 21.8 Å². The number of nitrogens with one attached hydrogen (secondary N) is 1. The van der Waals surface area contributed by atoms with Crippen LogP contribution in [0, 0.1) is 5.82 Å². The summed E-state index contributed by atoms with van der Waals surface area (Å²) in [4.78, 5) is 27.3. The minimum atomic E-state index is -3.89. The maximum absolute atomic E-state index is 13.4.